The average molecular weight is 444 g/mol. The Labute approximate surface area is 192 Å². The third kappa shape index (κ3) is 6.62. The van der Waals surface area contributed by atoms with Crippen molar-refractivity contribution >= 4 is 0 Å². The van der Waals surface area contributed by atoms with Crippen LogP contribution in [0.1, 0.15) is 81.3 Å². The van der Waals surface area contributed by atoms with Gasteiger partial charge >= 0.3 is 0 Å². The summed E-state index contributed by atoms with van der Waals surface area (Å²) in [5.74, 6) is -1.25. The minimum absolute atomic E-state index is 0.106. The van der Waals surface area contributed by atoms with E-state index in [1.54, 1.807) is 0 Å². The zero-order valence-electron chi connectivity index (χ0n) is 20.3. The van der Waals surface area contributed by atoms with Gasteiger partial charge in [-0.2, -0.15) is 0 Å². The van der Waals surface area contributed by atoms with Crippen molar-refractivity contribution in [1.29, 1.82) is 0 Å². The molecule has 0 aliphatic heterocycles. The van der Waals surface area contributed by atoms with Gasteiger partial charge in [0.1, 0.15) is 11.6 Å². The van der Waals surface area contributed by atoms with Crippen molar-refractivity contribution in [2.24, 2.45) is 11.3 Å². The predicted molar refractivity (Wildman–Crippen MR) is 128 cm³/mol. The summed E-state index contributed by atoms with van der Waals surface area (Å²) in [6.45, 7) is 11.4. The molecule has 3 rings (SSSR count). The number of hydrogen-bond acceptors (Lipinski definition) is 2. The average Bonchev–Trinajstić information content (AvgIpc) is 2.69. The first-order valence-corrected chi connectivity index (χ1v) is 12.1. The maximum Gasteiger partial charge on any atom is 0.126 e. The third-order valence-electron chi connectivity index (χ3n) is 6.56. The highest BCUT2D eigenvalue weighted by atomic mass is 19.1. The summed E-state index contributed by atoms with van der Waals surface area (Å²) >= 11 is 0. The van der Waals surface area contributed by atoms with Crippen LogP contribution in [0.2, 0.25) is 0 Å². The Bertz CT molecular complexity index is 898. The van der Waals surface area contributed by atoms with Crippen molar-refractivity contribution in [3.8, 4) is 0 Å². The number of benzene rings is 2. The lowest BCUT2D eigenvalue weighted by Crippen LogP contribution is -2.36. The van der Waals surface area contributed by atoms with Gasteiger partial charge in [0, 0.05) is 18.7 Å². The molecule has 0 spiro atoms. The Morgan fingerprint density at radius 1 is 1.06 bits per heavy atom. The first kappa shape index (κ1) is 24.9. The molecule has 0 heterocycles. The van der Waals surface area contributed by atoms with Gasteiger partial charge in [0.25, 0.3) is 0 Å². The molecule has 4 heteroatoms. The minimum Gasteiger partial charge on any atom is -0.392 e. The van der Waals surface area contributed by atoms with E-state index in [4.69, 9.17) is 0 Å². The predicted octanol–water partition coefficient (Wildman–Crippen LogP) is 6.32. The Kier molecular flexibility index (Phi) is 8.11. The second kappa shape index (κ2) is 10.4. The maximum atomic E-state index is 13.5. The van der Waals surface area contributed by atoms with E-state index in [0.29, 0.717) is 18.5 Å². The Hall–Kier alpha value is -1.78. The van der Waals surface area contributed by atoms with Crippen LogP contribution in [-0.2, 0) is 25.7 Å². The number of nitrogens with one attached hydrogen (secondary N) is 1. The molecule has 0 radical (unpaired) electrons. The number of fused-ring (bicyclic) bond motifs is 1. The van der Waals surface area contributed by atoms with Crippen LogP contribution in [0.3, 0.4) is 0 Å². The topological polar surface area (TPSA) is 32.3 Å². The molecule has 0 saturated carbocycles. The molecule has 3 atom stereocenters. The summed E-state index contributed by atoms with van der Waals surface area (Å²) in [5, 5.41) is 14.4. The lowest BCUT2D eigenvalue weighted by molar-refractivity contribution is 0.110. The standard InChI is InChI=1S/C28H39F2NO/c1-6-21-11-20(16-28(3,4)5)14-25-24(21)8-7-9-26(25)31-17-27(32)18(2)10-19-12-22(29)15-23(30)13-19/h11-15,18,26-27,31-32H,6-10,16-17H2,1-5H3/t18-,26?,27+/m0/s1. The molecule has 0 bridgehead atoms. The van der Waals surface area contributed by atoms with Crippen molar-refractivity contribution in [3.63, 3.8) is 0 Å². The van der Waals surface area contributed by atoms with E-state index in [9.17, 15) is 13.9 Å². The van der Waals surface area contributed by atoms with Gasteiger partial charge in [0.15, 0.2) is 0 Å². The monoisotopic (exact) mass is 443 g/mol. The molecule has 2 aromatic carbocycles. The van der Waals surface area contributed by atoms with E-state index in [2.05, 4.69) is 45.1 Å². The smallest absolute Gasteiger partial charge is 0.126 e. The molecule has 32 heavy (non-hydrogen) atoms. The molecular formula is C28H39F2NO. The third-order valence-corrected chi connectivity index (χ3v) is 6.56. The van der Waals surface area contributed by atoms with Gasteiger partial charge in [-0.15, -0.1) is 0 Å². The molecule has 1 aliphatic rings. The quantitative estimate of drug-likeness (QED) is 0.500. The minimum atomic E-state index is -0.588. The first-order valence-electron chi connectivity index (χ1n) is 12.1. The van der Waals surface area contributed by atoms with E-state index in [0.717, 1.165) is 38.2 Å². The summed E-state index contributed by atoms with van der Waals surface area (Å²) < 4.78 is 27.0. The number of aliphatic hydroxyl groups excluding tert-OH is 1. The zero-order chi connectivity index (χ0) is 23.5. The summed E-state index contributed by atoms with van der Waals surface area (Å²) in [5.41, 5.74) is 6.53. The van der Waals surface area contributed by atoms with Crippen molar-refractivity contribution in [3.05, 3.63) is 69.8 Å². The number of halogens is 2. The highest BCUT2D eigenvalue weighted by Crippen LogP contribution is 2.35. The molecule has 0 saturated heterocycles. The highest BCUT2D eigenvalue weighted by Gasteiger charge is 2.25. The Morgan fingerprint density at radius 2 is 1.75 bits per heavy atom. The van der Waals surface area contributed by atoms with Gasteiger partial charge in [-0.1, -0.05) is 46.8 Å². The van der Waals surface area contributed by atoms with E-state index in [-0.39, 0.29) is 17.4 Å². The number of aliphatic hydroxyl groups is 1. The van der Waals surface area contributed by atoms with E-state index >= 15 is 0 Å². The molecule has 2 nitrogen and oxygen atoms in total. The van der Waals surface area contributed by atoms with E-state index < -0.39 is 17.7 Å². The maximum absolute atomic E-state index is 13.5. The first-order chi connectivity index (χ1) is 15.1. The van der Waals surface area contributed by atoms with Crippen LogP contribution in [0.25, 0.3) is 0 Å². The van der Waals surface area contributed by atoms with Gasteiger partial charge in [0.05, 0.1) is 6.10 Å². The van der Waals surface area contributed by atoms with E-state index in [1.165, 1.54) is 34.4 Å². The van der Waals surface area contributed by atoms with Crippen LogP contribution in [0.5, 0.6) is 0 Å². The van der Waals surface area contributed by atoms with Crippen LogP contribution in [0.4, 0.5) is 8.78 Å². The van der Waals surface area contributed by atoms with Crippen LogP contribution in [-0.4, -0.2) is 17.8 Å². The molecular weight excluding hydrogens is 404 g/mol. The molecule has 1 unspecified atom stereocenters. The SMILES string of the molecule is CCc1cc(CC(C)(C)C)cc2c1CCCC2NC[C@@H](O)[C@@H](C)Cc1cc(F)cc(F)c1. The summed E-state index contributed by atoms with van der Waals surface area (Å²) in [4.78, 5) is 0. The van der Waals surface area contributed by atoms with Crippen molar-refractivity contribution in [1.82, 2.24) is 5.32 Å². The second-order valence-electron chi connectivity index (χ2n) is 10.8. The molecule has 0 fully saturated rings. The molecule has 176 valence electrons. The van der Waals surface area contributed by atoms with Gasteiger partial charge < -0.3 is 10.4 Å². The number of aryl methyl sites for hydroxylation is 1. The lowest BCUT2D eigenvalue weighted by Gasteiger charge is -2.31. The van der Waals surface area contributed by atoms with Gasteiger partial charge in [0.2, 0.25) is 0 Å². The molecule has 0 aromatic heterocycles. The van der Waals surface area contributed by atoms with Crippen LogP contribution < -0.4 is 5.32 Å². The van der Waals surface area contributed by atoms with Crippen molar-refractivity contribution < 1.29 is 13.9 Å². The fourth-order valence-electron chi connectivity index (χ4n) is 5.02. The number of rotatable bonds is 8. The molecule has 1 aliphatic carbocycles. The van der Waals surface area contributed by atoms with Gasteiger partial charge in [-0.25, -0.2) is 8.78 Å². The summed E-state index contributed by atoms with van der Waals surface area (Å²) in [7, 11) is 0. The fourth-order valence-corrected chi connectivity index (χ4v) is 5.02. The summed E-state index contributed by atoms with van der Waals surface area (Å²) in [6, 6.07) is 8.58. The highest BCUT2D eigenvalue weighted by molar-refractivity contribution is 5.43. The number of hydrogen-bond donors (Lipinski definition) is 2. The van der Waals surface area contributed by atoms with Crippen molar-refractivity contribution in [2.75, 3.05) is 6.54 Å². The molecule has 2 aromatic rings. The van der Waals surface area contributed by atoms with Crippen LogP contribution >= 0.6 is 0 Å². The largest absolute Gasteiger partial charge is 0.392 e. The van der Waals surface area contributed by atoms with Crippen LogP contribution in [0, 0.1) is 23.0 Å². The zero-order valence-corrected chi connectivity index (χ0v) is 20.3. The molecule has 0 amide bonds. The van der Waals surface area contributed by atoms with Crippen molar-refractivity contribution in [2.45, 2.75) is 85.3 Å². The van der Waals surface area contributed by atoms with Gasteiger partial charge in [-0.3, -0.25) is 0 Å². The Morgan fingerprint density at radius 3 is 2.38 bits per heavy atom. The molecule has 2 N–H and O–H groups in total. The Balaban J connectivity index is 1.70. The fraction of sp³-hybridized carbons (Fsp3) is 0.571. The lowest BCUT2D eigenvalue weighted by atomic mass is 9.80. The normalized spacial score (nSPS) is 18.3. The van der Waals surface area contributed by atoms with Crippen LogP contribution in [0.15, 0.2) is 30.3 Å². The second-order valence-corrected chi connectivity index (χ2v) is 10.8. The van der Waals surface area contributed by atoms with Gasteiger partial charge in [-0.05, 0) is 89.8 Å². The summed E-state index contributed by atoms with van der Waals surface area (Å²) in [6.07, 6.45) is 5.26. The van der Waals surface area contributed by atoms with E-state index in [1.807, 2.05) is 6.92 Å².